The Balaban J connectivity index is 1.61. The van der Waals surface area contributed by atoms with Gasteiger partial charge in [0, 0.05) is 25.3 Å². The Morgan fingerprint density at radius 3 is 2.72 bits per heavy atom. The Bertz CT molecular complexity index is 869. The average molecular weight is 427 g/mol. The lowest BCUT2D eigenvalue weighted by Gasteiger charge is -2.35. The molecule has 1 atom stereocenters. The molecule has 1 saturated heterocycles. The zero-order valence-corrected chi connectivity index (χ0v) is 16.3. The lowest BCUT2D eigenvalue weighted by molar-refractivity contribution is -0.120. The van der Waals surface area contributed by atoms with Crippen LogP contribution in [-0.2, 0) is 11.2 Å². The second-order valence-electron chi connectivity index (χ2n) is 6.88. The van der Waals surface area contributed by atoms with Gasteiger partial charge in [-0.15, -0.1) is 0 Å². The lowest BCUT2D eigenvalue weighted by Crippen LogP contribution is -2.44. The molecule has 7 nitrogen and oxygen atoms in total. The molecule has 10 heteroatoms. The molecule has 1 aromatic heterocycles. The number of ether oxygens (including phenoxy) is 1. The van der Waals surface area contributed by atoms with Crippen molar-refractivity contribution in [2.24, 2.45) is 11.7 Å². The molecule has 0 aliphatic carbocycles. The van der Waals surface area contributed by atoms with Crippen LogP contribution >= 0.6 is 11.6 Å². The molecule has 1 aliphatic heterocycles. The van der Waals surface area contributed by atoms with Gasteiger partial charge in [-0.1, -0.05) is 23.7 Å². The van der Waals surface area contributed by atoms with Crippen LogP contribution in [0.5, 0.6) is 5.75 Å². The minimum atomic E-state index is -2.87. The monoisotopic (exact) mass is 426 g/mol. The van der Waals surface area contributed by atoms with Crippen molar-refractivity contribution in [1.82, 2.24) is 14.7 Å². The van der Waals surface area contributed by atoms with Crippen molar-refractivity contribution in [3.63, 3.8) is 0 Å². The number of hydrogen-bond donors (Lipinski definition) is 1. The predicted octanol–water partition coefficient (Wildman–Crippen LogP) is 2.89. The van der Waals surface area contributed by atoms with Gasteiger partial charge < -0.3 is 15.4 Å². The van der Waals surface area contributed by atoms with Crippen LogP contribution in [-0.4, -0.2) is 46.2 Å². The number of alkyl halides is 2. The first-order chi connectivity index (χ1) is 13.9. The number of carbonyl (C=O) groups excluding carboxylic acids is 2. The number of likely N-dealkylation sites (tertiary alicyclic amines) is 1. The van der Waals surface area contributed by atoms with Crippen LogP contribution in [0.15, 0.2) is 30.5 Å². The highest BCUT2D eigenvalue weighted by molar-refractivity contribution is 6.32. The summed E-state index contributed by atoms with van der Waals surface area (Å²) in [7, 11) is 0. The van der Waals surface area contributed by atoms with Gasteiger partial charge in [0.05, 0.1) is 5.02 Å². The number of nitrogens with two attached hydrogens (primary N) is 1. The topological polar surface area (TPSA) is 90.4 Å². The zero-order chi connectivity index (χ0) is 21.0. The van der Waals surface area contributed by atoms with E-state index in [1.807, 2.05) is 0 Å². The molecule has 0 saturated carbocycles. The van der Waals surface area contributed by atoms with E-state index in [4.69, 9.17) is 22.1 Å². The third-order valence-electron chi connectivity index (χ3n) is 5.18. The average Bonchev–Trinajstić information content (AvgIpc) is 3.20. The van der Waals surface area contributed by atoms with E-state index >= 15 is 0 Å². The smallest absolute Gasteiger partial charge is 0.333 e. The molecule has 3 rings (SSSR count). The van der Waals surface area contributed by atoms with Crippen LogP contribution in [0.1, 0.15) is 35.4 Å². The molecular formula is C19H21ClF2N4O3. The van der Waals surface area contributed by atoms with Gasteiger partial charge in [0.2, 0.25) is 0 Å². The number of para-hydroxylation sites is 1. The van der Waals surface area contributed by atoms with Gasteiger partial charge in [0.1, 0.15) is 5.69 Å². The fourth-order valence-electron chi connectivity index (χ4n) is 3.65. The van der Waals surface area contributed by atoms with E-state index in [-0.39, 0.29) is 17.7 Å². The summed E-state index contributed by atoms with van der Waals surface area (Å²) in [5, 5.41) is 3.84. The second kappa shape index (κ2) is 9.32. The molecule has 1 aliphatic rings. The Morgan fingerprint density at radius 2 is 2.07 bits per heavy atom. The summed E-state index contributed by atoms with van der Waals surface area (Å²) in [6.45, 7) is -1.71. The van der Waals surface area contributed by atoms with Crippen LogP contribution in [0.3, 0.4) is 0 Å². The summed E-state index contributed by atoms with van der Waals surface area (Å²) >= 11 is 6.09. The molecule has 0 bridgehead atoms. The van der Waals surface area contributed by atoms with E-state index in [9.17, 15) is 18.4 Å². The largest absolute Gasteiger partial charge is 0.427 e. The van der Waals surface area contributed by atoms with E-state index in [2.05, 4.69) is 5.10 Å². The third-order valence-corrected chi connectivity index (χ3v) is 5.47. The van der Waals surface area contributed by atoms with Crippen molar-refractivity contribution in [3.8, 4) is 5.75 Å². The van der Waals surface area contributed by atoms with Crippen molar-refractivity contribution in [3.05, 3.63) is 46.7 Å². The molecule has 1 amide bonds. The molecule has 1 unspecified atom stereocenters. The third kappa shape index (κ3) is 4.73. The number of rotatable bonds is 7. The number of amides is 1. The number of hydrogen-bond acceptors (Lipinski definition) is 5. The summed E-state index contributed by atoms with van der Waals surface area (Å²) in [4.78, 5) is 24.8. The van der Waals surface area contributed by atoms with Crippen LogP contribution in [0.2, 0.25) is 5.02 Å². The van der Waals surface area contributed by atoms with E-state index in [0.29, 0.717) is 54.3 Å². The van der Waals surface area contributed by atoms with E-state index in [1.165, 1.54) is 12.3 Å². The normalized spacial score (nSPS) is 16.1. The minimum Gasteiger partial charge on any atom is -0.427 e. The number of halogens is 3. The second-order valence-corrected chi connectivity index (χ2v) is 7.29. The Morgan fingerprint density at radius 1 is 1.34 bits per heavy atom. The number of benzene rings is 1. The van der Waals surface area contributed by atoms with Crippen molar-refractivity contribution in [1.29, 1.82) is 0 Å². The Labute approximate surface area is 171 Å². The molecule has 0 spiro atoms. The standard InChI is InChI=1S/C19H21ClF2N4O3/c20-14-3-1-2-13(17(14)29-11-27)10-15(23)12-5-8-25(9-6-12)18(28)16-4-7-24-26(16)19(21)22/h1-4,7,11-12,15,19H,5-6,8-10,23H2. The lowest BCUT2D eigenvalue weighted by atomic mass is 9.86. The molecule has 156 valence electrons. The number of carbonyl (C=O) groups is 2. The molecule has 0 radical (unpaired) electrons. The van der Waals surface area contributed by atoms with Crippen molar-refractivity contribution >= 4 is 24.0 Å². The first kappa shape index (κ1) is 21.2. The Kier molecular flexibility index (Phi) is 6.81. The van der Waals surface area contributed by atoms with Gasteiger partial charge >= 0.3 is 6.55 Å². The Hall–Kier alpha value is -2.52. The van der Waals surface area contributed by atoms with Crippen molar-refractivity contribution in [2.75, 3.05) is 13.1 Å². The highest BCUT2D eigenvalue weighted by Gasteiger charge is 2.30. The first-order valence-electron chi connectivity index (χ1n) is 9.16. The SMILES string of the molecule is NC(Cc1cccc(Cl)c1OC=O)C1CCN(C(=O)c2ccnn2C(F)F)CC1. The number of nitrogens with zero attached hydrogens (tertiary/aromatic N) is 3. The number of aromatic nitrogens is 2. The molecule has 2 heterocycles. The van der Waals surface area contributed by atoms with Gasteiger partial charge in [-0.3, -0.25) is 9.59 Å². The van der Waals surface area contributed by atoms with Gasteiger partial charge in [-0.2, -0.15) is 18.6 Å². The molecule has 29 heavy (non-hydrogen) atoms. The maximum atomic E-state index is 13.0. The summed E-state index contributed by atoms with van der Waals surface area (Å²) in [5.41, 5.74) is 6.98. The van der Waals surface area contributed by atoms with E-state index in [0.717, 1.165) is 5.56 Å². The fraction of sp³-hybridized carbons (Fsp3) is 0.421. The van der Waals surface area contributed by atoms with Crippen molar-refractivity contribution < 1.29 is 23.1 Å². The molecule has 2 N–H and O–H groups in total. The van der Waals surface area contributed by atoms with Gasteiger partial charge in [0.25, 0.3) is 12.4 Å². The van der Waals surface area contributed by atoms with Gasteiger partial charge in [-0.25, -0.2) is 0 Å². The summed E-state index contributed by atoms with van der Waals surface area (Å²) in [5.74, 6) is -0.0408. The highest BCUT2D eigenvalue weighted by atomic mass is 35.5. The fourth-order valence-corrected chi connectivity index (χ4v) is 3.89. The van der Waals surface area contributed by atoms with Crippen LogP contribution in [0, 0.1) is 5.92 Å². The highest BCUT2D eigenvalue weighted by Crippen LogP contribution is 2.31. The maximum Gasteiger partial charge on any atom is 0.333 e. The first-order valence-corrected chi connectivity index (χ1v) is 9.54. The minimum absolute atomic E-state index is 0.127. The molecular weight excluding hydrogens is 406 g/mol. The summed E-state index contributed by atoms with van der Waals surface area (Å²) in [6, 6.07) is 6.25. The van der Waals surface area contributed by atoms with Crippen LogP contribution in [0.25, 0.3) is 0 Å². The van der Waals surface area contributed by atoms with E-state index < -0.39 is 12.5 Å². The predicted molar refractivity (Wildman–Crippen MR) is 102 cm³/mol. The quantitative estimate of drug-likeness (QED) is 0.687. The van der Waals surface area contributed by atoms with Crippen LogP contribution < -0.4 is 10.5 Å². The number of piperidine rings is 1. The van der Waals surface area contributed by atoms with E-state index in [1.54, 1.807) is 23.1 Å². The summed E-state index contributed by atoms with van der Waals surface area (Å²) < 4.78 is 31.3. The van der Waals surface area contributed by atoms with Crippen LogP contribution in [0.4, 0.5) is 8.78 Å². The summed E-state index contributed by atoms with van der Waals surface area (Å²) in [6.07, 6.45) is 2.92. The van der Waals surface area contributed by atoms with Gasteiger partial charge in [-0.05, 0) is 42.9 Å². The molecule has 1 aromatic carbocycles. The zero-order valence-electron chi connectivity index (χ0n) is 15.5. The van der Waals surface area contributed by atoms with Crippen molar-refractivity contribution in [2.45, 2.75) is 31.9 Å². The maximum absolute atomic E-state index is 13.0. The molecule has 2 aromatic rings. The van der Waals surface area contributed by atoms with Gasteiger partial charge in [0.15, 0.2) is 5.75 Å². The molecule has 1 fully saturated rings.